The van der Waals surface area contributed by atoms with E-state index in [1.807, 2.05) is 39.8 Å². The molecule has 0 radical (unpaired) electrons. The lowest BCUT2D eigenvalue weighted by molar-refractivity contribution is -0.122. The van der Waals surface area contributed by atoms with Crippen LogP contribution in [0.4, 0.5) is 0 Å². The van der Waals surface area contributed by atoms with Crippen molar-refractivity contribution in [3.63, 3.8) is 0 Å². The Hall–Kier alpha value is -1.55. The summed E-state index contributed by atoms with van der Waals surface area (Å²) in [6.45, 7) is 8.84. The van der Waals surface area contributed by atoms with Gasteiger partial charge in [0.05, 0.1) is 7.11 Å². The first-order valence-electron chi connectivity index (χ1n) is 6.99. The van der Waals surface area contributed by atoms with E-state index in [9.17, 15) is 0 Å². The Labute approximate surface area is 124 Å². The second kappa shape index (κ2) is 19.8. The Morgan fingerprint density at radius 3 is 1.80 bits per heavy atom. The molecule has 1 aromatic carbocycles. The first kappa shape index (κ1) is 23.5. The van der Waals surface area contributed by atoms with Crippen molar-refractivity contribution in [1.29, 1.82) is 0 Å². The smallest absolute Gasteiger partial charge is 0.290 e. The summed E-state index contributed by atoms with van der Waals surface area (Å²) in [6.07, 6.45) is 1.09. The number of likely N-dealkylation sites (N-methyl/N-ethyl adjacent to an activating group) is 1. The molecule has 0 saturated heterocycles. The molecule has 0 spiro atoms. The number of hydrogen-bond acceptors (Lipinski definition) is 3. The normalized spacial score (nSPS) is 8.00. The molecule has 0 fully saturated rings. The van der Waals surface area contributed by atoms with Crippen LogP contribution in [0, 0.1) is 0 Å². The molecule has 1 aromatic rings. The van der Waals surface area contributed by atoms with Gasteiger partial charge in [0.15, 0.2) is 0 Å². The van der Waals surface area contributed by atoms with Gasteiger partial charge in [0.25, 0.3) is 6.47 Å². The Balaban J connectivity index is -0.000000355. The SMILES string of the molecule is CC.CC.COc1ccc(CCN(C)C)cc1.O=CO. The van der Waals surface area contributed by atoms with E-state index in [0.717, 1.165) is 18.7 Å². The fourth-order valence-corrected chi connectivity index (χ4v) is 1.14. The van der Waals surface area contributed by atoms with Crippen LogP contribution < -0.4 is 4.74 Å². The largest absolute Gasteiger partial charge is 0.497 e. The highest BCUT2D eigenvalue weighted by Crippen LogP contribution is 2.11. The maximum absolute atomic E-state index is 8.36. The summed E-state index contributed by atoms with van der Waals surface area (Å²) in [4.78, 5) is 10.5. The van der Waals surface area contributed by atoms with Gasteiger partial charge in [-0.2, -0.15) is 0 Å². The van der Waals surface area contributed by atoms with Crippen LogP contribution in [0.5, 0.6) is 5.75 Å². The van der Waals surface area contributed by atoms with Crippen LogP contribution in [0.15, 0.2) is 24.3 Å². The summed E-state index contributed by atoms with van der Waals surface area (Å²) in [7, 11) is 5.86. The number of hydrogen-bond donors (Lipinski definition) is 1. The maximum atomic E-state index is 8.36. The van der Waals surface area contributed by atoms with Crippen molar-refractivity contribution in [3.8, 4) is 5.75 Å². The predicted octanol–water partition coefficient (Wildman–Crippen LogP) is 3.55. The van der Waals surface area contributed by atoms with Gasteiger partial charge in [0.1, 0.15) is 5.75 Å². The van der Waals surface area contributed by atoms with Crippen LogP contribution >= 0.6 is 0 Å². The number of rotatable bonds is 4. The molecule has 0 unspecified atom stereocenters. The molecule has 0 bridgehead atoms. The topological polar surface area (TPSA) is 49.8 Å². The molecule has 0 aliphatic carbocycles. The van der Waals surface area contributed by atoms with E-state index >= 15 is 0 Å². The molecule has 20 heavy (non-hydrogen) atoms. The Kier molecular flexibility index (Phi) is 23.3. The van der Waals surface area contributed by atoms with Gasteiger partial charge in [-0.1, -0.05) is 39.8 Å². The highest BCUT2D eigenvalue weighted by molar-refractivity contribution is 5.32. The van der Waals surface area contributed by atoms with Crippen LogP contribution in [-0.2, 0) is 11.2 Å². The van der Waals surface area contributed by atoms with Crippen LogP contribution in [0.2, 0.25) is 0 Å². The maximum Gasteiger partial charge on any atom is 0.290 e. The van der Waals surface area contributed by atoms with Crippen molar-refractivity contribution in [1.82, 2.24) is 4.90 Å². The predicted molar refractivity (Wildman–Crippen MR) is 86.6 cm³/mol. The number of carboxylic acid groups (broad SMARTS) is 1. The number of methoxy groups -OCH3 is 1. The molecule has 1 N–H and O–H groups in total. The van der Waals surface area contributed by atoms with Gasteiger partial charge < -0.3 is 14.7 Å². The first-order valence-corrected chi connectivity index (χ1v) is 6.99. The van der Waals surface area contributed by atoms with Gasteiger partial charge in [-0.05, 0) is 38.2 Å². The molecule has 118 valence electrons. The number of carbonyl (C=O) groups is 1. The Morgan fingerprint density at radius 2 is 1.50 bits per heavy atom. The zero-order valence-electron chi connectivity index (χ0n) is 14.0. The minimum Gasteiger partial charge on any atom is -0.497 e. The average molecular weight is 285 g/mol. The second-order valence-corrected chi connectivity index (χ2v) is 3.51. The molecule has 1 rings (SSSR count). The number of ether oxygens (including phenoxy) is 1. The van der Waals surface area contributed by atoms with Gasteiger partial charge in [-0.15, -0.1) is 0 Å². The van der Waals surface area contributed by atoms with Gasteiger partial charge in [0.2, 0.25) is 0 Å². The third-order valence-electron chi connectivity index (χ3n) is 2.01. The summed E-state index contributed by atoms with van der Waals surface area (Å²) in [5, 5.41) is 6.89. The van der Waals surface area contributed by atoms with Crippen LogP contribution in [-0.4, -0.2) is 44.2 Å². The summed E-state index contributed by atoms with van der Waals surface area (Å²) in [6, 6.07) is 8.24. The van der Waals surface area contributed by atoms with Crippen molar-refractivity contribution in [2.45, 2.75) is 34.1 Å². The van der Waals surface area contributed by atoms with Crippen LogP contribution in [0.3, 0.4) is 0 Å². The van der Waals surface area contributed by atoms with Gasteiger partial charge >= 0.3 is 0 Å². The molecule has 4 nitrogen and oxygen atoms in total. The lowest BCUT2D eigenvalue weighted by atomic mass is 10.1. The van der Waals surface area contributed by atoms with Gasteiger partial charge in [-0.25, -0.2) is 0 Å². The van der Waals surface area contributed by atoms with Gasteiger partial charge in [0, 0.05) is 6.54 Å². The highest BCUT2D eigenvalue weighted by atomic mass is 16.5. The molecule has 0 amide bonds. The molecular weight excluding hydrogens is 254 g/mol. The van der Waals surface area contributed by atoms with Crippen molar-refractivity contribution < 1.29 is 14.6 Å². The minimum absolute atomic E-state index is 0.250. The monoisotopic (exact) mass is 285 g/mol. The third kappa shape index (κ3) is 16.4. The standard InChI is InChI=1S/C11H17NO.2C2H6.CH2O2/c1-12(2)9-8-10-4-6-11(13-3)7-5-10;2*1-2;2-1-3/h4-7H,8-9H2,1-3H3;2*1-2H3;1H,(H,2,3). The lowest BCUT2D eigenvalue weighted by Crippen LogP contribution is -2.14. The minimum atomic E-state index is -0.250. The van der Waals surface area contributed by atoms with E-state index in [1.54, 1.807) is 7.11 Å². The molecular formula is C16H31NO3. The molecule has 0 aliphatic heterocycles. The average Bonchev–Trinajstić information content (AvgIpc) is 2.50. The summed E-state index contributed by atoms with van der Waals surface area (Å²) >= 11 is 0. The second-order valence-electron chi connectivity index (χ2n) is 3.51. The zero-order chi connectivity index (χ0) is 16.4. The Morgan fingerprint density at radius 1 is 1.10 bits per heavy atom. The van der Waals surface area contributed by atoms with E-state index in [1.165, 1.54) is 5.56 Å². The van der Waals surface area contributed by atoms with E-state index in [-0.39, 0.29) is 6.47 Å². The highest BCUT2D eigenvalue weighted by Gasteiger charge is 1.95. The van der Waals surface area contributed by atoms with Crippen molar-refractivity contribution in [2.24, 2.45) is 0 Å². The van der Waals surface area contributed by atoms with Crippen LogP contribution in [0.1, 0.15) is 33.3 Å². The lowest BCUT2D eigenvalue weighted by Gasteiger charge is -2.09. The van der Waals surface area contributed by atoms with Gasteiger partial charge in [-0.3, -0.25) is 4.79 Å². The summed E-state index contributed by atoms with van der Waals surface area (Å²) in [5.74, 6) is 0.925. The first-order chi connectivity index (χ1) is 9.63. The molecule has 0 saturated carbocycles. The summed E-state index contributed by atoms with van der Waals surface area (Å²) < 4.78 is 5.08. The summed E-state index contributed by atoms with van der Waals surface area (Å²) in [5.41, 5.74) is 1.36. The van der Waals surface area contributed by atoms with Crippen molar-refractivity contribution in [3.05, 3.63) is 29.8 Å². The molecule has 0 atom stereocenters. The van der Waals surface area contributed by atoms with Crippen LogP contribution in [0.25, 0.3) is 0 Å². The quantitative estimate of drug-likeness (QED) is 0.859. The number of nitrogens with zero attached hydrogens (tertiary/aromatic N) is 1. The van der Waals surface area contributed by atoms with E-state index in [2.05, 4.69) is 31.1 Å². The fraction of sp³-hybridized carbons (Fsp3) is 0.562. The van der Waals surface area contributed by atoms with E-state index in [4.69, 9.17) is 14.6 Å². The van der Waals surface area contributed by atoms with Crippen molar-refractivity contribution in [2.75, 3.05) is 27.7 Å². The molecule has 0 aromatic heterocycles. The zero-order valence-corrected chi connectivity index (χ0v) is 14.0. The van der Waals surface area contributed by atoms with E-state index < -0.39 is 0 Å². The fourth-order valence-electron chi connectivity index (χ4n) is 1.14. The number of benzene rings is 1. The molecule has 0 heterocycles. The Bertz CT molecular complexity index is 284. The third-order valence-corrected chi connectivity index (χ3v) is 2.01. The molecule has 4 heteroatoms. The van der Waals surface area contributed by atoms with E-state index in [0.29, 0.717) is 0 Å². The molecule has 0 aliphatic rings. The van der Waals surface area contributed by atoms with Crippen molar-refractivity contribution >= 4 is 6.47 Å².